The van der Waals surface area contributed by atoms with Gasteiger partial charge in [-0.1, -0.05) is 49.4 Å². The average Bonchev–Trinajstić information content (AvgIpc) is 3.42. The Morgan fingerprint density at radius 2 is 1.48 bits per heavy atom. The molecule has 0 bridgehead atoms. The molecule has 2 heterocycles. The fourth-order valence-electron chi connectivity index (χ4n) is 4.35. The molecule has 2 fully saturated rings. The average molecular weight is 392 g/mol. The summed E-state index contributed by atoms with van der Waals surface area (Å²) in [5.74, 6) is 0.596. The van der Waals surface area contributed by atoms with Gasteiger partial charge in [0.2, 0.25) is 0 Å². The van der Waals surface area contributed by atoms with Gasteiger partial charge in [0.1, 0.15) is 0 Å². The van der Waals surface area contributed by atoms with Crippen molar-refractivity contribution in [2.24, 2.45) is 5.92 Å². The molecule has 4 rings (SSSR count). The summed E-state index contributed by atoms with van der Waals surface area (Å²) in [5, 5.41) is 0. The molecule has 29 heavy (non-hydrogen) atoms. The van der Waals surface area contributed by atoms with Gasteiger partial charge in [0.05, 0.1) is 6.04 Å². The first-order chi connectivity index (χ1) is 14.0. The lowest BCUT2D eigenvalue weighted by atomic mass is 10.0. The lowest BCUT2D eigenvalue weighted by Crippen LogP contribution is -2.44. The van der Waals surface area contributed by atoms with Crippen LogP contribution < -0.4 is 0 Å². The van der Waals surface area contributed by atoms with Crippen molar-refractivity contribution in [3.63, 3.8) is 0 Å². The lowest BCUT2D eigenvalue weighted by molar-refractivity contribution is 0.0735. The number of likely N-dealkylation sites (tertiary alicyclic amines) is 2. The summed E-state index contributed by atoms with van der Waals surface area (Å²) >= 11 is 0. The van der Waals surface area contributed by atoms with Crippen LogP contribution in [-0.2, 0) is 0 Å². The predicted octanol–water partition coefficient (Wildman–Crippen LogP) is 3.96. The molecule has 3 amide bonds. The van der Waals surface area contributed by atoms with Crippen molar-refractivity contribution >= 4 is 11.9 Å². The SMILES string of the molecule is CC1CCN(C(=O)N2CCC(N(C)C(=O)c3ccc(-c4ccccc4)cc3)C2)C1. The van der Waals surface area contributed by atoms with E-state index in [1.165, 1.54) is 0 Å². The van der Waals surface area contributed by atoms with Crippen LogP contribution in [0.25, 0.3) is 11.1 Å². The summed E-state index contributed by atoms with van der Waals surface area (Å²) in [4.78, 5) is 31.4. The van der Waals surface area contributed by atoms with Gasteiger partial charge in [-0.15, -0.1) is 0 Å². The Morgan fingerprint density at radius 1 is 0.862 bits per heavy atom. The van der Waals surface area contributed by atoms with Crippen molar-refractivity contribution < 1.29 is 9.59 Å². The molecule has 2 aromatic rings. The van der Waals surface area contributed by atoms with Gasteiger partial charge in [-0.3, -0.25) is 4.79 Å². The van der Waals surface area contributed by atoms with E-state index in [1.54, 1.807) is 4.90 Å². The monoisotopic (exact) mass is 391 g/mol. The molecule has 152 valence electrons. The Labute approximate surface area is 172 Å². The summed E-state index contributed by atoms with van der Waals surface area (Å²) in [5.41, 5.74) is 2.92. The summed E-state index contributed by atoms with van der Waals surface area (Å²) in [6, 6.07) is 18.1. The molecule has 2 saturated heterocycles. The maximum atomic E-state index is 13.0. The third-order valence-electron chi connectivity index (χ3n) is 6.24. The first kappa shape index (κ1) is 19.5. The van der Waals surface area contributed by atoms with Crippen LogP contribution in [0.3, 0.4) is 0 Å². The normalized spacial score (nSPS) is 21.4. The number of likely N-dealkylation sites (N-methyl/N-ethyl adjacent to an activating group) is 1. The molecular weight excluding hydrogens is 362 g/mol. The van der Waals surface area contributed by atoms with Crippen LogP contribution in [0, 0.1) is 5.92 Å². The highest BCUT2D eigenvalue weighted by molar-refractivity contribution is 5.94. The van der Waals surface area contributed by atoms with Crippen LogP contribution >= 0.6 is 0 Å². The Kier molecular flexibility index (Phi) is 5.56. The molecule has 0 aromatic heterocycles. The second kappa shape index (κ2) is 8.27. The van der Waals surface area contributed by atoms with Gasteiger partial charge in [0.15, 0.2) is 0 Å². The van der Waals surface area contributed by atoms with Crippen molar-refractivity contribution in [3.8, 4) is 11.1 Å². The number of amides is 3. The second-order valence-corrected chi connectivity index (χ2v) is 8.37. The Balaban J connectivity index is 1.37. The maximum absolute atomic E-state index is 13.0. The van der Waals surface area contributed by atoms with Crippen molar-refractivity contribution in [2.45, 2.75) is 25.8 Å². The van der Waals surface area contributed by atoms with Crippen LogP contribution in [0.2, 0.25) is 0 Å². The zero-order valence-corrected chi connectivity index (χ0v) is 17.3. The van der Waals surface area contributed by atoms with E-state index in [0.29, 0.717) is 18.0 Å². The van der Waals surface area contributed by atoms with E-state index >= 15 is 0 Å². The van der Waals surface area contributed by atoms with Crippen LogP contribution in [0.15, 0.2) is 54.6 Å². The topological polar surface area (TPSA) is 43.9 Å². The zero-order valence-electron chi connectivity index (χ0n) is 17.3. The van der Waals surface area contributed by atoms with E-state index in [9.17, 15) is 9.59 Å². The van der Waals surface area contributed by atoms with Crippen LogP contribution in [0.4, 0.5) is 4.79 Å². The van der Waals surface area contributed by atoms with E-state index in [4.69, 9.17) is 0 Å². The molecular formula is C24H29N3O2. The summed E-state index contributed by atoms with van der Waals surface area (Å²) in [6.45, 7) is 5.23. The number of carbonyl (C=O) groups is 2. The van der Waals surface area contributed by atoms with E-state index in [0.717, 1.165) is 43.6 Å². The lowest BCUT2D eigenvalue weighted by Gasteiger charge is -2.27. The molecule has 0 radical (unpaired) electrons. The number of carbonyl (C=O) groups excluding carboxylic acids is 2. The number of benzene rings is 2. The molecule has 0 N–H and O–H groups in total. The van der Waals surface area contributed by atoms with Gasteiger partial charge in [0, 0.05) is 38.8 Å². The smallest absolute Gasteiger partial charge is 0.320 e. The molecule has 2 aliphatic rings. The minimum Gasteiger partial charge on any atom is -0.337 e. The number of rotatable bonds is 3. The number of urea groups is 1. The molecule has 0 aliphatic carbocycles. The van der Waals surface area contributed by atoms with Crippen LogP contribution in [-0.4, -0.2) is 65.9 Å². The van der Waals surface area contributed by atoms with Crippen LogP contribution in [0.1, 0.15) is 30.1 Å². The largest absolute Gasteiger partial charge is 0.337 e. The summed E-state index contributed by atoms with van der Waals surface area (Å²) < 4.78 is 0. The molecule has 2 atom stereocenters. The summed E-state index contributed by atoms with van der Waals surface area (Å²) in [7, 11) is 1.85. The maximum Gasteiger partial charge on any atom is 0.320 e. The first-order valence-electron chi connectivity index (χ1n) is 10.5. The highest BCUT2D eigenvalue weighted by atomic mass is 16.2. The van der Waals surface area contributed by atoms with Crippen molar-refractivity contribution in [1.82, 2.24) is 14.7 Å². The molecule has 0 saturated carbocycles. The molecule has 2 aromatic carbocycles. The van der Waals surface area contributed by atoms with Crippen molar-refractivity contribution in [1.29, 1.82) is 0 Å². The van der Waals surface area contributed by atoms with Crippen molar-refractivity contribution in [3.05, 3.63) is 60.2 Å². The van der Waals surface area contributed by atoms with E-state index in [2.05, 4.69) is 19.1 Å². The van der Waals surface area contributed by atoms with E-state index < -0.39 is 0 Å². The van der Waals surface area contributed by atoms with Gasteiger partial charge >= 0.3 is 6.03 Å². The second-order valence-electron chi connectivity index (χ2n) is 8.37. The molecule has 5 nitrogen and oxygen atoms in total. The Hall–Kier alpha value is -2.82. The van der Waals surface area contributed by atoms with E-state index in [1.807, 2.05) is 59.3 Å². The van der Waals surface area contributed by atoms with Gasteiger partial charge in [-0.25, -0.2) is 4.79 Å². The van der Waals surface area contributed by atoms with Gasteiger partial charge < -0.3 is 14.7 Å². The molecule has 2 aliphatic heterocycles. The molecule has 5 heteroatoms. The fraction of sp³-hybridized carbons (Fsp3) is 0.417. The molecule has 0 spiro atoms. The first-order valence-corrected chi connectivity index (χ1v) is 10.5. The number of hydrogen-bond donors (Lipinski definition) is 0. The minimum atomic E-state index is 0.0127. The number of hydrogen-bond acceptors (Lipinski definition) is 2. The standard InChI is InChI=1S/C24H29N3O2/c1-18-12-14-26(16-18)24(29)27-15-13-22(17-27)25(2)23(28)21-10-8-20(9-11-21)19-6-4-3-5-7-19/h3-11,18,22H,12-17H2,1-2H3. The Morgan fingerprint density at radius 3 is 2.14 bits per heavy atom. The minimum absolute atomic E-state index is 0.0127. The van der Waals surface area contributed by atoms with Crippen LogP contribution in [0.5, 0.6) is 0 Å². The third-order valence-corrected chi connectivity index (χ3v) is 6.24. The Bertz CT molecular complexity index is 865. The van der Waals surface area contributed by atoms with Gasteiger partial charge in [0.25, 0.3) is 5.91 Å². The third kappa shape index (κ3) is 4.14. The quantitative estimate of drug-likeness (QED) is 0.795. The van der Waals surface area contributed by atoms with Gasteiger partial charge in [-0.2, -0.15) is 0 Å². The van der Waals surface area contributed by atoms with Gasteiger partial charge in [-0.05, 0) is 42.0 Å². The molecule has 2 unspecified atom stereocenters. The highest BCUT2D eigenvalue weighted by Crippen LogP contribution is 2.23. The zero-order chi connectivity index (χ0) is 20.4. The van der Waals surface area contributed by atoms with Crippen molar-refractivity contribution in [2.75, 3.05) is 33.2 Å². The highest BCUT2D eigenvalue weighted by Gasteiger charge is 2.34. The fourth-order valence-corrected chi connectivity index (χ4v) is 4.35. The number of nitrogens with zero attached hydrogens (tertiary/aromatic N) is 3. The predicted molar refractivity (Wildman–Crippen MR) is 115 cm³/mol. The summed E-state index contributed by atoms with van der Waals surface area (Å²) in [6.07, 6.45) is 1.92. The van der Waals surface area contributed by atoms with E-state index in [-0.39, 0.29) is 18.0 Å².